The largest absolute Gasteiger partial charge is 0.276 e. The van der Waals surface area contributed by atoms with Crippen LogP contribution >= 0.6 is 11.6 Å². The minimum absolute atomic E-state index is 0.0653. The molecule has 0 unspecified atom stereocenters. The number of hydrogen-bond acceptors (Lipinski definition) is 6. The fraction of sp³-hybridized carbons (Fsp3) is 0. The second kappa shape index (κ2) is 7.06. The predicted octanol–water partition coefficient (Wildman–Crippen LogP) is 3.11. The van der Waals surface area contributed by atoms with E-state index in [-0.39, 0.29) is 15.7 Å². The maximum Gasteiger partial charge on any atom is 0.276 e. The summed E-state index contributed by atoms with van der Waals surface area (Å²) in [4.78, 5) is 16.6. The Labute approximate surface area is 153 Å². The summed E-state index contributed by atoms with van der Waals surface area (Å²) in [5, 5.41) is 15.1. The van der Waals surface area contributed by atoms with Gasteiger partial charge in [0.15, 0.2) is 0 Å². The second-order valence-corrected chi connectivity index (χ2v) is 7.19. The van der Waals surface area contributed by atoms with Crippen molar-refractivity contribution in [3.05, 3.63) is 75.4 Å². The number of benzene rings is 2. The molecule has 0 amide bonds. The van der Waals surface area contributed by atoms with E-state index in [9.17, 15) is 18.5 Å². The Morgan fingerprint density at radius 1 is 1.15 bits per heavy atom. The zero-order valence-electron chi connectivity index (χ0n) is 13.0. The van der Waals surface area contributed by atoms with Crippen molar-refractivity contribution in [2.24, 2.45) is 5.10 Å². The number of nitro benzene ring substituents is 1. The number of halogens is 1. The van der Waals surface area contributed by atoms with Gasteiger partial charge in [-0.3, -0.25) is 10.1 Å². The standard InChI is InChI=1S/C16H11ClN4O4S/c17-16-12(8-11-9-13(21(22)23)6-7-15(11)19-16)10-18-20-26(24,25)14-4-2-1-3-5-14/h1-10,20H/b18-10-. The molecule has 1 aromatic heterocycles. The molecule has 0 aliphatic carbocycles. The summed E-state index contributed by atoms with van der Waals surface area (Å²) in [6.07, 6.45) is 1.19. The first-order valence-corrected chi connectivity index (χ1v) is 9.07. The lowest BCUT2D eigenvalue weighted by Crippen LogP contribution is -2.18. The average molecular weight is 391 g/mol. The molecule has 10 heteroatoms. The molecule has 0 aliphatic rings. The van der Waals surface area contributed by atoms with Crippen molar-refractivity contribution in [1.29, 1.82) is 0 Å². The summed E-state index contributed by atoms with van der Waals surface area (Å²) in [5.74, 6) is 0. The number of sulfonamides is 1. The van der Waals surface area contributed by atoms with Crippen LogP contribution in [0, 0.1) is 10.1 Å². The topological polar surface area (TPSA) is 115 Å². The van der Waals surface area contributed by atoms with E-state index in [1.807, 2.05) is 0 Å². The predicted molar refractivity (Wildman–Crippen MR) is 97.8 cm³/mol. The van der Waals surface area contributed by atoms with Crippen molar-refractivity contribution in [2.75, 3.05) is 0 Å². The van der Waals surface area contributed by atoms with Gasteiger partial charge in [0, 0.05) is 23.1 Å². The molecule has 0 bridgehead atoms. The van der Waals surface area contributed by atoms with Gasteiger partial charge >= 0.3 is 0 Å². The Kier molecular flexibility index (Phi) is 4.83. The molecule has 0 spiro atoms. The van der Waals surface area contributed by atoms with E-state index in [0.29, 0.717) is 16.5 Å². The zero-order chi connectivity index (χ0) is 18.7. The molecule has 1 N–H and O–H groups in total. The third-order valence-corrected chi connectivity index (χ3v) is 4.96. The maximum absolute atomic E-state index is 12.1. The fourth-order valence-electron chi connectivity index (χ4n) is 2.18. The lowest BCUT2D eigenvalue weighted by Gasteiger charge is -2.04. The summed E-state index contributed by atoms with van der Waals surface area (Å²) in [5.41, 5.74) is 0.701. The number of hydrazone groups is 1. The molecule has 3 aromatic rings. The van der Waals surface area contributed by atoms with Crippen LogP contribution in [0.4, 0.5) is 5.69 Å². The zero-order valence-corrected chi connectivity index (χ0v) is 14.6. The summed E-state index contributed by atoms with van der Waals surface area (Å²) < 4.78 is 24.2. The van der Waals surface area contributed by atoms with Crippen LogP contribution in [-0.2, 0) is 10.0 Å². The molecule has 26 heavy (non-hydrogen) atoms. The number of nitrogens with one attached hydrogen (secondary N) is 1. The highest BCUT2D eigenvalue weighted by atomic mass is 35.5. The first-order valence-electron chi connectivity index (χ1n) is 7.21. The van der Waals surface area contributed by atoms with E-state index >= 15 is 0 Å². The number of non-ortho nitro benzene ring substituents is 1. The van der Waals surface area contributed by atoms with Gasteiger partial charge in [0.25, 0.3) is 15.7 Å². The second-order valence-electron chi connectivity index (χ2n) is 5.17. The van der Waals surface area contributed by atoms with Crippen molar-refractivity contribution < 1.29 is 13.3 Å². The van der Waals surface area contributed by atoms with Crippen LogP contribution in [0.3, 0.4) is 0 Å². The molecule has 132 valence electrons. The molecular formula is C16H11ClN4O4S. The first kappa shape index (κ1) is 17.8. The van der Waals surface area contributed by atoms with Gasteiger partial charge in [-0.25, -0.2) is 9.82 Å². The van der Waals surface area contributed by atoms with Crippen LogP contribution in [0.15, 0.2) is 64.6 Å². The van der Waals surface area contributed by atoms with Crippen molar-refractivity contribution >= 4 is 44.4 Å². The van der Waals surface area contributed by atoms with Gasteiger partial charge in [0.1, 0.15) is 5.15 Å². The monoisotopic (exact) mass is 390 g/mol. The van der Waals surface area contributed by atoms with Gasteiger partial charge in [-0.1, -0.05) is 29.8 Å². The fourth-order valence-corrected chi connectivity index (χ4v) is 3.19. The Hall–Kier alpha value is -3.04. The Bertz CT molecular complexity index is 1120. The Balaban J connectivity index is 1.89. The number of nitro groups is 1. The maximum atomic E-state index is 12.1. The van der Waals surface area contributed by atoms with E-state index in [2.05, 4.69) is 14.9 Å². The summed E-state index contributed by atoms with van der Waals surface area (Å²) in [6.45, 7) is 0. The molecule has 8 nitrogen and oxygen atoms in total. The normalized spacial score (nSPS) is 11.7. The van der Waals surface area contributed by atoms with Gasteiger partial charge in [-0.05, 0) is 24.3 Å². The van der Waals surface area contributed by atoms with E-state index in [4.69, 9.17) is 11.6 Å². The molecule has 0 radical (unpaired) electrons. The van der Waals surface area contributed by atoms with Gasteiger partial charge in [0.05, 0.1) is 21.6 Å². The average Bonchev–Trinajstić information content (AvgIpc) is 2.62. The van der Waals surface area contributed by atoms with Crippen LogP contribution in [0.25, 0.3) is 10.9 Å². The Morgan fingerprint density at radius 3 is 2.58 bits per heavy atom. The lowest BCUT2D eigenvalue weighted by molar-refractivity contribution is -0.384. The molecule has 0 atom stereocenters. The highest BCUT2D eigenvalue weighted by Crippen LogP contribution is 2.23. The third kappa shape index (κ3) is 3.79. The van der Waals surface area contributed by atoms with E-state index in [1.54, 1.807) is 18.2 Å². The molecule has 0 saturated carbocycles. The highest BCUT2D eigenvalue weighted by molar-refractivity contribution is 7.89. The highest BCUT2D eigenvalue weighted by Gasteiger charge is 2.12. The van der Waals surface area contributed by atoms with Gasteiger partial charge in [-0.15, -0.1) is 0 Å². The van der Waals surface area contributed by atoms with Crippen molar-refractivity contribution in [3.8, 4) is 0 Å². The molecule has 0 aliphatic heterocycles. The SMILES string of the molecule is O=[N+]([O-])c1ccc2nc(Cl)c(/C=N\NS(=O)(=O)c3ccccc3)cc2c1. The summed E-state index contributed by atoms with van der Waals surface area (Å²) in [7, 11) is -3.80. The number of hydrogen-bond donors (Lipinski definition) is 1. The lowest BCUT2D eigenvalue weighted by atomic mass is 10.1. The van der Waals surface area contributed by atoms with Crippen LogP contribution < -0.4 is 4.83 Å². The smallest absolute Gasteiger partial charge is 0.258 e. The van der Waals surface area contributed by atoms with Crippen LogP contribution in [0.2, 0.25) is 5.15 Å². The van der Waals surface area contributed by atoms with E-state index in [1.165, 1.54) is 42.6 Å². The van der Waals surface area contributed by atoms with Crippen molar-refractivity contribution in [2.45, 2.75) is 4.90 Å². The minimum Gasteiger partial charge on any atom is -0.258 e. The number of fused-ring (bicyclic) bond motifs is 1. The Morgan fingerprint density at radius 2 is 1.88 bits per heavy atom. The molecule has 0 fully saturated rings. The number of pyridine rings is 1. The van der Waals surface area contributed by atoms with Gasteiger partial charge in [-0.2, -0.15) is 13.5 Å². The molecule has 1 heterocycles. The van der Waals surface area contributed by atoms with E-state index < -0.39 is 14.9 Å². The molecule has 3 rings (SSSR count). The third-order valence-electron chi connectivity index (χ3n) is 3.42. The quantitative estimate of drug-likeness (QED) is 0.311. The number of nitrogens with zero attached hydrogens (tertiary/aromatic N) is 3. The van der Waals surface area contributed by atoms with Gasteiger partial charge < -0.3 is 0 Å². The number of aromatic nitrogens is 1. The summed E-state index contributed by atoms with van der Waals surface area (Å²) in [6, 6.07) is 13.4. The van der Waals surface area contributed by atoms with Crippen LogP contribution in [0.1, 0.15) is 5.56 Å². The van der Waals surface area contributed by atoms with Gasteiger partial charge in [0.2, 0.25) is 0 Å². The van der Waals surface area contributed by atoms with Crippen molar-refractivity contribution in [3.63, 3.8) is 0 Å². The van der Waals surface area contributed by atoms with Crippen molar-refractivity contribution in [1.82, 2.24) is 9.82 Å². The molecule has 2 aromatic carbocycles. The number of rotatable bonds is 5. The minimum atomic E-state index is -3.80. The molecular weight excluding hydrogens is 380 g/mol. The summed E-state index contributed by atoms with van der Waals surface area (Å²) >= 11 is 6.06. The first-order chi connectivity index (χ1) is 12.4. The molecule has 0 saturated heterocycles. The van der Waals surface area contributed by atoms with E-state index in [0.717, 1.165) is 0 Å². The van der Waals surface area contributed by atoms with Crippen LogP contribution in [-0.4, -0.2) is 24.5 Å². The van der Waals surface area contributed by atoms with Crippen LogP contribution in [0.5, 0.6) is 0 Å².